The molecule has 0 radical (unpaired) electrons. The second kappa shape index (κ2) is 9.71. The van der Waals surface area contributed by atoms with E-state index in [9.17, 15) is 13.2 Å². The Balaban J connectivity index is 2.27. The van der Waals surface area contributed by atoms with Gasteiger partial charge in [-0.05, 0) is 32.1 Å². The third-order valence-electron chi connectivity index (χ3n) is 3.72. The van der Waals surface area contributed by atoms with E-state index in [1.54, 1.807) is 4.90 Å². The van der Waals surface area contributed by atoms with Crippen molar-refractivity contribution in [3.05, 3.63) is 0 Å². The molecule has 0 aromatic carbocycles. The minimum atomic E-state index is -3.41. The Labute approximate surface area is 138 Å². The molecule has 1 saturated heterocycles. The summed E-state index contributed by atoms with van der Waals surface area (Å²) in [5.41, 5.74) is 11.4. The number of likely N-dealkylation sites (tertiary alicyclic amines) is 1. The highest BCUT2D eigenvalue weighted by molar-refractivity contribution is 7.90. The van der Waals surface area contributed by atoms with Crippen LogP contribution in [0.2, 0.25) is 0 Å². The normalized spacial score (nSPS) is 17.3. The fraction of sp³-hybridized carbons (Fsp3) is 0.857. The molecule has 0 aromatic rings. The number of carbonyl (C=O) groups excluding carboxylic acids is 1. The zero-order chi connectivity index (χ0) is 17.3. The standard InChI is InChI=1S/C14H29N5O3S/c1-2-3-11-23(21,22)18-14(16)17-8-6-7-12(15)13(20)19-9-4-5-10-19/h12H,2-11,15H2,1H3,(H3,16,17,18)/t12-/m0/s1. The number of unbranched alkanes of at least 4 members (excludes halogenated alkanes) is 1. The summed E-state index contributed by atoms with van der Waals surface area (Å²) in [6.07, 6.45) is 4.54. The number of carbonyl (C=O) groups is 1. The average Bonchev–Trinajstić information content (AvgIpc) is 3.02. The lowest BCUT2D eigenvalue weighted by molar-refractivity contribution is -0.131. The summed E-state index contributed by atoms with van der Waals surface area (Å²) in [5.74, 6) is -0.0881. The van der Waals surface area contributed by atoms with Gasteiger partial charge in [0.2, 0.25) is 21.9 Å². The van der Waals surface area contributed by atoms with Crippen molar-refractivity contribution in [2.75, 3.05) is 25.4 Å². The summed E-state index contributed by atoms with van der Waals surface area (Å²) < 4.78 is 25.5. The molecule has 1 fully saturated rings. The van der Waals surface area contributed by atoms with E-state index in [0.717, 1.165) is 32.4 Å². The second-order valence-electron chi connectivity index (χ2n) is 5.82. The third-order valence-corrected chi connectivity index (χ3v) is 5.06. The van der Waals surface area contributed by atoms with Crippen LogP contribution >= 0.6 is 0 Å². The molecule has 5 N–H and O–H groups in total. The lowest BCUT2D eigenvalue weighted by Gasteiger charge is -2.19. The average molecular weight is 347 g/mol. The lowest BCUT2D eigenvalue weighted by Crippen LogP contribution is -2.42. The molecule has 134 valence electrons. The van der Waals surface area contributed by atoms with Crippen molar-refractivity contribution in [2.24, 2.45) is 16.5 Å². The van der Waals surface area contributed by atoms with Gasteiger partial charge < -0.3 is 16.4 Å². The van der Waals surface area contributed by atoms with Gasteiger partial charge in [0.25, 0.3) is 0 Å². The molecule has 23 heavy (non-hydrogen) atoms. The van der Waals surface area contributed by atoms with E-state index in [-0.39, 0.29) is 17.6 Å². The molecule has 0 unspecified atom stereocenters. The maximum Gasteiger partial charge on any atom is 0.239 e. The Hall–Kier alpha value is -1.35. The molecule has 1 heterocycles. The van der Waals surface area contributed by atoms with Gasteiger partial charge in [-0.25, -0.2) is 8.42 Å². The second-order valence-corrected chi connectivity index (χ2v) is 7.66. The van der Waals surface area contributed by atoms with Gasteiger partial charge in [-0.2, -0.15) is 0 Å². The Morgan fingerprint density at radius 1 is 1.30 bits per heavy atom. The maximum absolute atomic E-state index is 12.0. The van der Waals surface area contributed by atoms with Gasteiger partial charge in [-0.1, -0.05) is 13.3 Å². The van der Waals surface area contributed by atoms with Gasteiger partial charge in [0.1, 0.15) is 0 Å². The first-order valence-electron chi connectivity index (χ1n) is 8.20. The SMILES string of the molecule is CCCCS(=O)(=O)NC(N)=NCCC[C@H](N)C(=O)N1CCCC1. The van der Waals surface area contributed by atoms with Crippen LogP contribution in [0.5, 0.6) is 0 Å². The number of guanidine groups is 1. The Kier molecular flexibility index (Phi) is 8.32. The summed E-state index contributed by atoms with van der Waals surface area (Å²) in [4.78, 5) is 17.8. The molecule has 1 atom stereocenters. The molecule has 9 heteroatoms. The van der Waals surface area contributed by atoms with E-state index >= 15 is 0 Å². The molecule has 1 rings (SSSR count). The number of aliphatic imine (C=N–C) groups is 1. The van der Waals surface area contributed by atoms with Crippen LogP contribution in [0.4, 0.5) is 0 Å². The van der Waals surface area contributed by atoms with Crippen LogP contribution in [0.15, 0.2) is 4.99 Å². The number of rotatable bonds is 9. The van der Waals surface area contributed by atoms with Crippen molar-refractivity contribution in [3.8, 4) is 0 Å². The molecule has 8 nitrogen and oxygen atoms in total. The number of nitrogens with zero attached hydrogens (tertiary/aromatic N) is 2. The summed E-state index contributed by atoms with van der Waals surface area (Å²) in [7, 11) is -3.41. The Morgan fingerprint density at radius 3 is 2.57 bits per heavy atom. The van der Waals surface area contributed by atoms with Crippen molar-refractivity contribution in [1.82, 2.24) is 9.62 Å². The molecule has 1 aliphatic heterocycles. The molecule has 0 bridgehead atoms. The highest BCUT2D eigenvalue weighted by Gasteiger charge is 2.23. The zero-order valence-electron chi connectivity index (χ0n) is 13.8. The van der Waals surface area contributed by atoms with Gasteiger partial charge in [-0.3, -0.25) is 14.5 Å². The van der Waals surface area contributed by atoms with E-state index in [1.165, 1.54) is 0 Å². The Bertz CT molecular complexity index is 501. The molecule has 0 aromatic heterocycles. The van der Waals surface area contributed by atoms with Gasteiger partial charge in [-0.15, -0.1) is 0 Å². The van der Waals surface area contributed by atoms with E-state index < -0.39 is 16.1 Å². The minimum Gasteiger partial charge on any atom is -0.369 e. The van der Waals surface area contributed by atoms with Gasteiger partial charge >= 0.3 is 0 Å². The molecular weight excluding hydrogens is 318 g/mol. The van der Waals surface area contributed by atoms with Crippen molar-refractivity contribution in [3.63, 3.8) is 0 Å². The minimum absolute atomic E-state index is 0.0141. The van der Waals surface area contributed by atoms with Crippen LogP contribution in [0.1, 0.15) is 45.4 Å². The number of nitrogens with two attached hydrogens (primary N) is 2. The predicted octanol–water partition coefficient (Wildman–Crippen LogP) is -0.249. The molecule has 0 spiro atoms. The molecule has 1 aliphatic rings. The van der Waals surface area contributed by atoms with Crippen LogP contribution in [0.25, 0.3) is 0 Å². The quantitative estimate of drug-likeness (QED) is 0.301. The largest absolute Gasteiger partial charge is 0.369 e. The van der Waals surface area contributed by atoms with Gasteiger partial charge in [0.05, 0.1) is 11.8 Å². The smallest absolute Gasteiger partial charge is 0.239 e. The van der Waals surface area contributed by atoms with E-state index in [2.05, 4.69) is 9.71 Å². The van der Waals surface area contributed by atoms with Crippen molar-refractivity contribution < 1.29 is 13.2 Å². The monoisotopic (exact) mass is 347 g/mol. The van der Waals surface area contributed by atoms with E-state index in [4.69, 9.17) is 11.5 Å². The fourth-order valence-electron chi connectivity index (χ4n) is 2.38. The summed E-state index contributed by atoms with van der Waals surface area (Å²) >= 11 is 0. The highest BCUT2D eigenvalue weighted by atomic mass is 32.2. The fourth-order valence-corrected chi connectivity index (χ4v) is 3.54. The number of hydrogen-bond acceptors (Lipinski definition) is 5. The van der Waals surface area contributed by atoms with Gasteiger partial charge in [0, 0.05) is 19.6 Å². The number of sulfonamides is 1. The van der Waals surface area contributed by atoms with Crippen LogP contribution < -0.4 is 16.2 Å². The first-order valence-corrected chi connectivity index (χ1v) is 9.85. The van der Waals surface area contributed by atoms with Gasteiger partial charge in [0.15, 0.2) is 0 Å². The van der Waals surface area contributed by atoms with Crippen molar-refractivity contribution in [2.45, 2.75) is 51.5 Å². The van der Waals surface area contributed by atoms with Crippen LogP contribution in [-0.2, 0) is 14.8 Å². The van der Waals surface area contributed by atoms with Crippen LogP contribution in [0.3, 0.4) is 0 Å². The third kappa shape index (κ3) is 7.65. The number of nitrogens with one attached hydrogen (secondary N) is 1. The molecule has 0 aliphatic carbocycles. The molecule has 0 saturated carbocycles. The highest BCUT2D eigenvalue weighted by Crippen LogP contribution is 2.10. The summed E-state index contributed by atoms with van der Waals surface area (Å²) in [6.45, 7) is 3.83. The lowest BCUT2D eigenvalue weighted by atomic mass is 10.1. The van der Waals surface area contributed by atoms with Crippen molar-refractivity contribution in [1.29, 1.82) is 0 Å². The molecular formula is C14H29N5O3S. The number of hydrogen-bond donors (Lipinski definition) is 3. The van der Waals surface area contributed by atoms with Crippen LogP contribution in [0, 0.1) is 0 Å². The first-order chi connectivity index (χ1) is 10.9. The first kappa shape index (κ1) is 19.7. The summed E-state index contributed by atoms with van der Waals surface area (Å²) in [5, 5.41) is 0. The van der Waals surface area contributed by atoms with E-state index in [1.807, 2.05) is 6.92 Å². The number of amides is 1. The Morgan fingerprint density at radius 2 is 1.96 bits per heavy atom. The zero-order valence-corrected chi connectivity index (χ0v) is 14.6. The summed E-state index contributed by atoms with van der Waals surface area (Å²) in [6, 6.07) is -0.522. The van der Waals surface area contributed by atoms with Crippen molar-refractivity contribution >= 4 is 21.9 Å². The van der Waals surface area contributed by atoms with Crippen LogP contribution in [-0.4, -0.2) is 56.6 Å². The predicted molar refractivity (Wildman–Crippen MR) is 91.3 cm³/mol. The topological polar surface area (TPSA) is 131 Å². The molecule has 1 amide bonds. The maximum atomic E-state index is 12.0. The van der Waals surface area contributed by atoms with E-state index in [0.29, 0.717) is 25.8 Å².